The largest absolute Gasteiger partial charge is 0.307 e. The van der Waals surface area contributed by atoms with Crippen LogP contribution in [-0.4, -0.2) is 18.4 Å². The lowest BCUT2D eigenvalue weighted by Crippen LogP contribution is -2.37. The second-order valence-electron chi connectivity index (χ2n) is 4.71. The van der Waals surface area contributed by atoms with Crippen molar-refractivity contribution in [2.24, 2.45) is 0 Å². The van der Waals surface area contributed by atoms with Crippen LogP contribution < -0.4 is 5.32 Å². The average molecular weight is 286 g/mol. The Bertz CT molecular complexity index is 426. The summed E-state index contributed by atoms with van der Waals surface area (Å²) in [6.45, 7) is 0.930. The van der Waals surface area contributed by atoms with Crippen LogP contribution in [0.5, 0.6) is 0 Å². The molecule has 0 aliphatic carbocycles. The number of hydrogen-bond acceptors (Lipinski definition) is 2. The third-order valence-corrected chi connectivity index (χ3v) is 4.20. The molecule has 1 fully saturated rings. The highest BCUT2D eigenvalue weighted by Crippen LogP contribution is 2.26. The average Bonchev–Trinajstić information content (AvgIpc) is 2.63. The summed E-state index contributed by atoms with van der Waals surface area (Å²) >= 11 is 12.1. The van der Waals surface area contributed by atoms with Gasteiger partial charge in [0.05, 0.1) is 16.1 Å². The van der Waals surface area contributed by atoms with Crippen molar-refractivity contribution < 1.29 is 4.79 Å². The molecule has 1 atom stereocenters. The van der Waals surface area contributed by atoms with Crippen molar-refractivity contribution in [1.82, 2.24) is 5.32 Å². The van der Waals surface area contributed by atoms with Crippen molar-refractivity contribution in [3.63, 3.8) is 0 Å². The zero-order chi connectivity index (χ0) is 13.0. The lowest BCUT2D eigenvalue weighted by molar-refractivity contribution is -0.120. The molecule has 4 heteroatoms. The van der Waals surface area contributed by atoms with Crippen LogP contribution in [0.3, 0.4) is 0 Å². The molecule has 98 valence electrons. The Hall–Kier alpha value is -0.570. The summed E-state index contributed by atoms with van der Waals surface area (Å²) in [5.74, 6) is 0.209. The van der Waals surface area contributed by atoms with E-state index in [0.717, 1.165) is 31.4 Å². The van der Waals surface area contributed by atoms with Gasteiger partial charge in [0.2, 0.25) is 0 Å². The molecule has 0 spiro atoms. The third kappa shape index (κ3) is 3.47. The van der Waals surface area contributed by atoms with Gasteiger partial charge in [0.25, 0.3) is 0 Å². The maximum atomic E-state index is 12.2. The van der Waals surface area contributed by atoms with E-state index in [2.05, 4.69) is 5.32 Å². The number of carbonyl (C=O) groups excluding carboxylic acids is 1. The maximum Gasteiger partial charge on any atom is 0.154 e. The summed E-state index contributed by atoms with van der Waals surface area (Å²) in [4.78, 5) is 12.2. The molecule has 1 N–H and O–H groups in total. The maximum absolute atomic E-state index is 12.2. The molecule has 0 amide bonds. The van der Waals surface area contributed by atoms with Crippen molar-refractivity contribution in [3.05, 3.63) is 33.8 Å². The SMILES string of the molecule is O=C(Cc1cccc(Cl)c1Cl)C1CCCCCN1. The van der Waals surface area contributed by atoms with Crippen LogP contribution in [0.2, 0.25) is 10.0 Å². The Balaban J connectivity index is 2.03. The molecule has 2 rings (SSSR count). The van der Waals surface area contributed by atoms with Crippen molar-refractivity contribution in [2.75, 3.05) is 6.54 Å². The van der Waals surface area contributed by atoms with Gasteiger partial charge in [0.1, 0.15) is 0 Å². The molecule has 0 saturated carbocycles. The lowest BCUT2D eigenvalue weighted by Gasteiger charge is -2.15. The second kappa shape index (κ2) is 6.55. The topological polar surface area (TPSA) is 29.1 Å². The van der Waals surface area contributed by atoms with E-state index in [1.165, 1.54) is 6.42 Å². The van der Waals surface area contributed by atoms with Crippen molar-refractivity contribution in [1.29, 1.82) is 0 Å². The zero-order valence-corrected chi connectivity index (χ0v) is 11.7. The van der Waals surface area contributed by atoms with E-state index >= 15 is 0 Å². The second-order valence-corrected chi connectivity index (χ2v) is 5.50. The van der Waals surface area contributed by atoms with E-state index in [0.29, 0.717) is 16.5 Å². The van der Waals surface area contributed by atoms with Gasteiger partial charge in [-0.1, -0.05) is 48.2 Å². The van der Waals surface area contributed by atoms with Crippen LogP contribution in [-0.2, 0) is 11.2 Å². The monoisotopic (exact) mass is 285 g/mol. The van der Waals surface area contributed by atoms with E-state index in [9.17, 15) is 4.79 Å². The number of benzene rings is 1. The Morgan fingerprint density at radius 3 is 2.94 bits per heavy atom. The van der Waals surface area contributed by atoms with Crippen LogP contribution in [0, 0.1) is 0 Å². The van der Waals surface area contributed by atoms with Gasteiger partial charge < -0.3 is 5.32 Å². The number of hydrogen-bond donors (Lipinski definition) is 1. The fourth-order valence-corrected chi connectivity index (χ4v) is 2.69. The van der Waals surface area contributed by atoms with Crippen molar-refractivity contribution >= 4 is 29.0 Å². The van der Waals surface area contributed by atoms with Crippen LogP contribution in [0.1, 0.15) is 31.2 Å². The van der Waals surface area contributed by atoms with Gasteiger partial charge in [0.15, 0.2) is 5.78 Å². The minimum absolute atomic E-state index is 0.0254. The summed E-state index contributed by atoms with van der Waals surface area (Å²) in [6.07, 6.45) is 4.76. The van der Waals surface area contributed by atoms with Crippen LogP contribution >= 0.6 is 23.2 Å². The van der Waals surface area contributed by atoms with Gasteiger partial charge in [-0.05, 0) is 31.0 Å². The summed E-state index contributed by atoms with van der Waals surface area (Å²) in [7, 11) is 0. The minimum Gasteiger partial charge on any atom is -0.307 e. The Kier molecular flexibility index (Phi) is 5.04. The van der Waals surface area contributed by atoms with Crippen molar-refractivity contribution in [3.8, 4) is 0 Å². The molecule has 0 bridgehead atoms. The van der Waals surface area contributed by atoms with E-state index in [1.807, 2.05) is 12.1 Å². The zero-order valence-electron chi connectivity index (χ0n) is 10.2. The first kappa shape index (κ1) is 13.9. The number of Topliss-reactive ketones (excluding diaryl/α,β-unsaturated/α-hetero) is 1. The summed E-state index contributed by atoms with van der Waals surface area (Å²) in [5.41, 5.74) is 0.820. The molecule has 1 aromatic carbocycles. The fourth-order valence-electron chi connectivity index (χ4n) is 2.30. The summed E-state index contributed by atoms with van der Waals surface area (Å²) < 4.78 is 0. The number of carbonyl (C=O) groups is 1. The van der Waals surface area contributed by atoms with Crippen molar-refractivity contribution in [2.45, 2.75) is 38.1 Å². The highest BCUT2D eigenvalue weighted by Gasteiger charge is 2.20. The quantitative estimate of drug-likeness (QED) is 0.919. The Labute approximate surface area is 118 Å². The molecule has 2 nitrogen and oxygen atoms in total. The molecule has 18 heavy (non-hydrogen) atoms. The molecule has 0 aromatic heterocycles. The molecule has 1 unspecified atom stereocenters. The number of halogens is 2. The van der Waals surface area contributed by atoms with E-state index in [1.54, 1.807) is 6.07 Å². The molecule has 1 heterocycles. The first-order chi connectivity index (χ1) is 8.68. The molecule has 1 aliphatic heterocycles. The van der Waals surface area contributed by atoms with Crippen LogP contribution in [0.25, 0.3) is 0 Å². The smallest absolute Gasteiger partial charge is 0.154 e. The normalized spacial score (nSPS) is 20.4. The lowest BCUT2D eigenvalue weighted by atomic mass is 10.0. The molecular weight excluding hydrogens is 269 g/mol. The molecule has 1 aromatic rings. The predicted molar refractivity (Wildman–Crippen MR) is 75.4 cm³/mol. The molecule has 0 radical (unpaired) electrons. The summed E-state index contributed by atoms with van der Waals surface area (Å²) in [6, 6.07) is 5.41. The van der Waals surface area contributed by atoms with E-state index < -0.39 is 0 Å². The first-order valence-corrected chi connectivity index (χ1v) is 7.13. The molecular formula is C14H17Cl2NO. The number of ketones is 1. The third-order valence-electron chi connectivity index (χ3n) is 3.35. The van der Waals surface area contributed by atoms with Gasteiger partial charge in [-0.2, -0.15) is 0 Å². The van der Waals surface area contributed by atoms with Gasteiger partial charge in [-0.15, -0.1) is 0 Å². The van der Waals surface area contributed by atoms with E-state index in [-0.39, 0.29) is 11.8 Å². The number of nitrogens with one attached hydrogen (secondary N) is 1. The highest BCUT2D eigenvalue weighted by atomic mass is 35.5. The fraction of sp³-hybridized carbons (Fsp3) is 0.500. The Morgan fingerprint density at radius 1 is 1.28 bits per heavy atom. The van der Waals surface area contributed by atoms with E-state index in [4.69, 9.17) is 23.2 Å². The number of rotatable bonds is 3. The molecule has 1 aliphatic rings. The standard InChI is InChI=1S/C14H17Cl2NO/c15-11-6-4-5-10(14(11)16)9-13(18)12-7-2-1-3-8-17-12/h4-6,12,17H,1-3,7-9H2. The van der Waals surface area contributed by atoms with Gasteiger partial charge in [-0.3, -0.25) is 4.79 Å². The van der Waals surface area contributed by atoms with Gasteiger partial charge in [0, 0.05) is 6.42 Å². The van der Waals surface area contributed by atoms with Gasteiger partial charge >= 0.3 is 0 Å². The summed E-state index contributed by atoms with van der Waals surface area (Å²) in [5, 5.41) is 4.32. The van der Waals surface area contributed by atoms with Crippen LogP contribution in [0.4, 0.5) is 0 Å². The minimum atomic E-state index is -0.0254. The molecule has 1 saturated heterocycles. The first-order valence-electron chi connectivity index (χ1n) is 6.37. The highest BCUT2D eigenvalue weighted by molar-refractivity contribution is 6.42. The Morgan fingerprint density at radius 2 is 2.11 bits per heavy atom. The predicted octanol–water partition coefficient (Wildman–Crippen LogP) is 3.64. The van der Waals surface area contributed by atoms with Crippen LogP contribution in [0.15, 0.2) is 18.2 Å². The van der Waals surface area contributed by atoms with Gasteiger partial charge in [-0.25, -0.2) is 0 Å².